The highest BCUT2D eigenvalue weighted by Crippen LogP contribution is 2.43. The van der Waals surface area contributed by atoms with Crippen LogP contribution in [0.1, 0.15) is 22.9 Å². The van der Waals surface area contributed by atoms with Crippen LogP contribution in [0, 0.1) is 11.3 Å². The first-order chi connectivity index (χ1) is 15.5. The Labute approximate surface area is 183 Å². The molecule has 1 amide bonds. The third-order valence-electron chi connectivity index (χ3n) is 5.20. The Kier molecular flexibility index (Phi) is 5.39. The van der Waals surface area contributed by atoms with Crippen LogP contribution in [0.15, 0.2) is 70.9 Å². The third-order valence-corrected chi connectivity index (χ3v) is 5.20. The van der Waals surface area contributed by atoms with Crippen LogP contribution in [-0.4, -0.2) is 31.0 Å². The molecule has 8 nitrogen and oxygen atoms in total. The van der Waals surface area contributed by atoms with Crippen molar-refractivity contribution in [3.63, 3.8) is 0 Å². The van der Waals surface area contributed by atoms with Crippen LogP contribution >= 0.6 is 0 Å². The van der Waals surface area contributed by atoms with Gasteiger partial charge in [-0.15, -0.1) is 0 Å². The predicted octanol–water partition coefficient (Wildman–Crippen LogP) is 3.79. The smallest absolute Gasteiger partial charge is 0.300 e. The predicted molar refractivity (Wildman–Crippen MR) is 114 cm³/mol. The minimum Gasteiger partial charge on any atom is -0.507 e. The largest absolute Gasteiger partial charge is 0.507 e. The maximum atomic E-state index is 13.1. The summed E-state index contributed by atoms with van der Waals surface area (Å²) >= 11 is 0. The van der Waals surface area contributed by atoms with Crippen molar-refractivity contribution >= 4 is 23.1 Å². The van der Waals surface area contributed by atoms with Crippen molar-refractivity contribution in [2.75, 3.05) is 19.1 Å². The molecule has 1 N–H and O–H groups in total. The first kappa shape index (κ1) is 20.8. The lowest BCUT2D eigenvalue weighted by molar-refractivity contribution is -0.132. The van der Waals surface area contributed by atoms with E-state index in [0.29, 0.717) is 22.8 Å². The van der Waals surface area contributed by atoms with E-state index in [1.165, 1.54) is 25.4 Å². The molecule has 3 aromatic rings. The van der Waals surface area contributed by atoms with E-state index in [1.807, 2.05) is 6.07 Å². The number of rotatable bonds is 5. The van der Waals surface area contributed by atoms with E-state index in [9.17, 15) is 14.7 Å². The van der Waals surface area contributed by atoms with E-state index < -0.39 is 23.5 Å². The summed E-state index contributed by atoms with van der Waals surface area (Å²) in [6.45, 7) is 0. The molecule has 1 unspecified atom stereocenters. The van der Waals surface area contributed by atoms with Gasteiger partial charge in [-0.1, -0.05) is 0 Å². The molecule has 0 aliphatic carbocycles. The Balaban J connectivity index is 1.92. The number of carbonyl (C=O) groups excluding carboxylic acids is 2. The number of benzene rings is 2. The molecule has 2 heterocycles. The molecule has 2 aromatic carbocycles. The molecule has 1 fully saturated rings. The highest BCUT2D eigenvalue weighted by Gasteiger charge is 2.48. The number of carbonyl (C=O) groups is 2. The Morgan fingerprint density at radius 2 is 1.84 bits per heavy atom. The quantitative estimate of drug-likeness (QED) is 0.372. The molecule has 0 bridgehead atoms. The molecule has 4 rings (SSSR count). The van der Waals surface area contributed by atoms with E-state index in [0.717, 1.165) is 0 Å². The molecule has 8 heteroatoms. The minimum absolute atomic E-state index is 0.141. The molecule has 0 saturated carbocycles. The molecule has 1 saturated heterocycles. The molecule has 160 valence electrons. The highest BCUT2D eigenvalue weighted by atomic mass is 16.5. The van der Waals surface area contributed by atoms with Crippen molar-refractivity contribution in [3.8, 4) is 17.6 Å². The topological polar surface area (TPSA) is 113 Å². The van der Waals surface area contributed by atoms with Crippen molar-refractivity contribution in [3.05, 3.63) is 83.3 Å². The maximum absolute atomic E-state index is 13.1. The van der Waals surface area contributed by atoms with Crippen LogP contribution < -0.4 is 14.4 Å². The van der Waals surface area contributed by atoms with Gasteiger partial charge in [0.1, 0.15) is 29.1 Å². The molecule has 1 atom stereocenters. The van der Waals surface area contributed by atoms with Gasteiger partial charge in [0.05, 0.1) is 43.3 Å². The number of nitriles is 1. The lowest BCUT2D eigenvalue weighted by Gasteiger charge is -2.23. The van der Waals surface area contributed by atoms with Crippen LogP contribution in [0.3, 0.4) is 0 Å². The molecule has 1 aromatic heterocycles. The molecule has 1 aliphatic heterocycles. The molecule has 1 aliphatic rings. The zero-order valence-electron chi connectivity index (χ0n) is 17.2. The number of Topliss-reactive ketones (excluding diaryl/α,β-unsaturated/α-hetero) is 1. The zero-order valence-corrected chi connectivity index (χ0v) is 17.2. The Morgan fingerprint density at radius 1 is 1.09 bits per heavy atom. The summed E-state index contributed by atoms with van der Waals surface area (Å²) in [4.78, 5) is 27.4. The molecule has 0 spiro atoms. The first-order valence-corrected chi connectivity index (χ1v) is 9.57. The van der Waals surface area contributed by atoms with E-state index in [1.54, 1.807) is 54.6 Å². The maximum Gasteiger partial charge on any atom is 0.300 e. The fourth-order valence-corrected chi connectivity index (χ4v) is 3.65. The van der Waals surface area contributed by atoms with Crippen molar-refractivity contribution in [1.82, 2.24) is 0 Å². The first-order valence-electron chi connectivity index (χ1n) is 9.57. The number of hydrogen-bond donors (Lipinski definition) is 1. The number of amides is 1. The summed E-state index contributed by atoms with van der Waals surface area (Å²) in [5.74, 6) is -1.04. The second-order valence-corrected chi connectivity index (χ2v) is 6.91. The number of ether oxygens (including phenoxy) is 2. The van der Waals surface area contributed by atoms with E-state index >= 15 is 0 Å². The fraction of sp³-hybridized carbons (Fsp3) is 0.125. The Hall–Kier alpha value is -4.51. The summed E-state index contributed by atoms with van der Waals surface area (Å²) in [5.41, 5.74) is 0.872. The lowest BCUT2D eigenvalue weighted by Crippen LogP contribution is -2.29. The average Bonchev–Trinajstić information content (AvgIpc) is 3.45. The Bertz CT molecular complexity index is 1250. The van der Waals surface area contributed by atoms with Crippen LogP contribution in [0.25, 0.3) is 5.76 Å². The second kappa shape index (κ2) is 8.32. The summed E-state index contributed by atoms with van der Waals surface area (Å²) in [7, 11) is 2.92. The van der Waals surface area contributed by atoms with Gasteiger partial charge in [-0.3, -0.25) is 14.5 Å². The van der Waals surface area contributed by atoms with E-state index in [-0.39, 0.29) is 16.9 Å². The molecular formula is C24H18N2O6. The monoisotopic (exact) mass is 430 g/mol. The van der Waals surface area contributed by atoms with E-state index in [2.05, 4.69) is 0 Å². The van der Waals surface area contributed by atoms with Crippen molar-refractivity contribution < 1.29 is 28.6 Å². The van der Waals surface area contributed by atoms with Crippen LogP contribution in [0.5, 0.6) is 11.5 Å². The van der Waals surface area contributed by atoms with Gasteiger partial charge in [-0.05, 0) is 48.5 Å². The number of methoxy groups -OCH3 is 2. The number of hydrogen-bond acceptors (Lipinski definition) is 7. The van der Waals surface area contributed by atoms with E-state index in [4.69, 9.17) is 19.2 Å². The Morgan fingerprint density at radius 3 is 2.44 bits per heavy atom. The van der Waals surface area contributed by atoms with Crippen molar-refractivity contribution in [1.29, 1.82) is 5.26 Å². The summed E-state index contributed by atoms with van der Waals surface area (Å²) in [6.07, 6.45) is 1.42. The number of aliphatic hydroxyl groups excluding tert-OH is 1. The second-order valence-electron chi connectivity index (χ2n) is 6.91. The third kappa shape index (κ3) is 3.36. The lowest BCUT2D eigenvalue weighted by atomic mass is 9.98. The summed E-state index contributed by atoms with van der Waals surface area (Å²) in [5, 5.41) is 20.2. The standard InChI is InChI=1S/C24H18N2O6/c1-30-16-9-10-17(19(12-16)31-2)22(27)20-21(18-4-3-11-32-18)26(24(29)23(20)28)15-7-5-14(13-25)6-8-15/h3-12,21,27H,1-2H3/b22-20-. The average molecular weight is 430 g/mol. The summed E-state index contributed by atoms with van der Waals surface area (Å²) < 4.78 is 16.1. The summed E-state index contributed by atoms with van der Waals surface area (Å²) in [6, 6.07) is 15.2. The number of furan rings is 1. The number of anilines is 1. The van der Waals surface area contributed by atoms with Gasteiger partial charge in [-0.25, -0.2) is 0 Å². The number of nitrogens with zero attached hydrogens (tertiary/aromatic N) is 2. The highest BCUT2D eigenvalue weighted by molar-refractivity contribution is 6.51. The van der Waals surface area contributed by atoms with Gasteiger partial charge < -0.3 is 19.0 Å². The zero-order chi connectivity index (χ0) is 22.8. The van der Waals surface area contributed by atoms with Gasteiger partial charge in [0, 0.05) is 11.8 Å². The number of aliphatic hydroxyl groups is 1. The van der Waals surface area contributed by atoms with Crippen molar-refractivity contribution in [2.24, 2.45) is 0 Å². The van der Waals surface area contributed by atoms with Gasteiger partial charge >= 0.3 is 0 Å². The van der Waals surface area contributed by atoms with Gasteiger partial charge in [0.2, 0.25) is 0 Å². The van der Waals surface area contributed by atoms with Gasteiger partial charge in [-0.2, -0.15) is 5.26 Å². The minimum atomic E-state index is -1.01. The normalized spacial score (nSPS) is 17.3. The van der Waals surface area contributed by atoms with Crippen LogP contribution in [0.4, 0.5) is 5.69 Å². The SMILES string of the molecule is COc1ccc(/C(O)=C2/C(=O)C(=O)N(c3ccc(C#N)cc3)C2c2ccco2)c(OC)c1. The van der Waals surface area contributed by atoms with Crippen LogP contribution in [0.2, 0.25) is 0 Å². The van der Waals surface area contributed by atoms with Gasteiger partial charge in [0.25, 0.3) is 11.7 Å². The molecule has 32 heavy (non-hydrogen) atoms. The van der Waals surface area contributed by atoms with Crippen LogP contribution in [-0.2, 0) is 9.59 Å². The molecule has 0 radical (unpaired) electrons. The molecular weight excluding hydrogens is 412 g/mol. The van der Waals surface area contributed by atoms with Crippen molar-refractivity contribution in [2.45, 2.75) is 6.04 Å². The number of ketones is 1. The fourth-order valence-electron chi connectivity index (χ4n) is 3.65. The van der Waals surface area contributed by atoms with Gasteiger partial charge in [0.15, 0.2) is 0 Å².